The van der Waals surface area contributed by atoms with Crippen LogP contribution in [0.1, 0.15) is 64.2 Å². The van der Waals surface area contributed by atoms with Gasteiger partial charge in [-0.2, -0.15) is 17.2 Å². The van der Waals surface area contributed by atoms with Crippen LogP contribution in [0.4, 0.5) is 10.5 Å². The first kappa shape index (κ1) is 68.7. The Labute approximate surface area is 509 Å². The normalized spacial score (nSPS) is 35.3. The smallest absolute Gasteiger partial charge is 0.411 e. The lowest BCUT2D eigenvalue weighted by Crippen LogP contribution is -2.65. The first-order valence-corrected chi connectivity index (χ1v) is 32.8. The molecule has 7 rings (SSSR count). The summed E-state index contributed by atoms with van der Waals surface area (Å²) in [6.07, 6.45) is -10.1. The summed E-state index contributed by atoms with van der Waals surface area (Å²) < 4.78 is 77.5. The summed E-state index contributed by atoms with van der Waals surface area (Å²) in [5, 5.41) is 56.2. The number of hydrogen-bond acceptors (Lipinski definition) is 28. The zero-order chi connectivity index (χ0) is 62.0. The molecule has 6 aliphatic rings. The monoisotopic (exact) mass is 1280 g/mol. The van der Waals surface area contributed by atoms with Crippen molar-refractivity contribution in [2.24, 2.45) is 0 Å². The van der Waals surface area contributed by atoms with Crippen molar-refractivity contribution >= 4 is 72.6 Å². The molecule has 0 unspecified atom stereocenters. The number of hydrogen-bond donors (Lipinski definition) is 8. The van der Waals surface area contributed by atoms with Gasteiger partial charge in [0, 0.05) is 55.9 Å². The molecule has 4 heterocycles. The van der Waals surface area contributed by atoms with Crippen LogP contribution in [0.25, 0.3) is 0 Å². The van der Waals surface area contributed by atoms with Gasteiger partial charge in [0.15, 0.2) is 48.5 Å². The third-order valence-electron chi connectivity index (χ3n) is 15.1. The van der Waals surface area contributed by atoms with Gasteiger partial charge in [-0.3, -0.25) is 19.7 Å². The van der Waals surface area contributed by atoms with Gasteiger partial charge in [0.25, 0.3) is 5.91 Å². The lowest BCUT2D eigenvalue weighted by molar-refractivity contribution is -0.337. The Balaban J connectivity index is 1.20. The van der Waals surface area contributed by atoms with Crippen molar-refractivity contribution in [3.05, 3.63) is 65.1 Å². The highest BCUT2D eigenvalue weighted by Gasteiger charge is 2.57. The largest absolute Gasteiger partial charge is 0.493 e. The number of thioether (sulfide) groups is 1. The van der Waals surface area contributed by atoms with Crippen LogP contribution in [-0.4, -0.2) is 226 Å². The number of rotatable bonds is 25. The fourth-order valence-corrected chi connectivity index (χ4v) is 14.1. The molecule has 0 saturated carbocycles. The molecule has 8 N–H and O–H groups in total. The average molecular weight is 1280 g/mol. The fraction of sp³-hybridized carbons (Fsp3) is 0.673. The van der Waals surface area contributed by atoms with Crippen LogP contribution < -0.4 is 30.9 Å². The van der Waals surface area contributed by atoms with Crippen molar-refractivity contribution < 1.29 is 106 Å². The Bertz CT molecular complexity index is 2590. The quantitative estimate of drug-likeness (QED) is 0.0132. The standard InChI is InChI=1S/C55H80N4O22S4/c1-24(2)56-32-23-73-39(21-35(32)69-8)79-48-46(62)43(59-81-41-20-33(60)49(82-12)27(5)75-41)25(3)76-53(48)78-34-14-16-55(67)30(15-17-84-85-83-13)42(34)44(58-54(66)72-11)47(63)50(55)80-40-22-38(45(61)26(4)74-40)77-52(65)29-18-36(70-9)37(71-10)19-31(29)57-51(64)28(6)68-7/h14-16,18-19,24-27,32-35,38-41,43,45-46,48-50,53,56,59-62,67H,6,17,20-23H2,1-5,7-13H3,(H,57,64)(H,58,66)/b30-15+/t25-,26+,27-,32+,33+,34+,35+,38+,39+,40+,41+,43-,45+,46+,48-,49-,50-,53+,55-/m1/s1. The number of fused-ring (bicyclic) bond motifs is 2. The van der Waals surface area contributed by atoms with Crippen LogP contribution in [0, 0.1) is 0 Å². The zero-order valence-corrected chi connectivity index (χ0v) is 52.6. The lowest BCUT2D eigenvalue weighted by Gasteiger charge is -2.49. The number of methoxy groups -OCH3 is 5. The number of Topliss-reactive ketones (excluding diaryl/α,β-unsaturated/α-hetero) is 1. The molecule has 2 amide bonds. The molecule has 19 atom stereocenters. The zero-order valence-electron chi connectivity index (χ0n) is 49.4. The predicted octanol–water partition coefficient (Wildman–Crippen LogP) is 3.41. The van der Waals surface area contributed by atoms with Gasteiger partial charge in [-0.15, -0.1) is 0 Å². The van der Waals surface area contributed by atoms with E-state index in [0.717, 1.165) is 7.11 Å². The number of ketones is 1. The first-order valence-electron chi connectivity index (χ1n) is 27.5. The van der Waals surface area contributed by atoms with Crippen LogP contribution in [0.15, 0.2) is 59.5 Å². The number of esters is 1. The van der Waals surface area contributed by atoms with Gasteiger partial charge < -0.3 is 92.6 Å². The minimum atomic E-state index is -2.32. The summed E-state index contributed by atoms with van der Waals surface area (Å²) in [4.78, 5) is 61.7. The molecule has 4 fully saturated rings. The van der Waals surface area contributed by atoms with Crippen molar-refractivity contribution in [2.45, 2.75) is 175 Å². The number of hydroxylamine groups is 1. The van der Waals surface area contributed by atoms with E-state index < -0.39 is 128 Å². The van der Waals surface area contributed by atoms with E-state index in [1.54, 1.807) is 20.1 Å². The van der Waals surface area contributed by atoms with Gasteiger partial charge >= 0.3 is 12.1 Å². The Kier molecular flexibility index (Phi) is 25.2. The minimum absolute atomic E-state index is 0.0169. The number of amides is 2. The maximum Gasteiger partial charge on any atom is 0.411 e. The molecule has 2 bridgehead atoms. The van der Waals surface area contributed by atoms with Crippen LogP contribution in [0.2, 0.25) is 0 Å². The number of aliphatic hydroxyl groups is 4. The van der Waals surface area contributed by atoms with Crippen LogP contribution in [0.3, 0.4) is 0 Å². The molecule has 476 valence electrons. The van der Waals surface area contributed by atoms with Crippen molar-refractivity contribution in [1.29, 1.82) is 0 Å². The highest BCUT2D eigenvalue weighted by atomic mass is 33.5. The molecule has 2 aliphatic carbocycles. The molecule has 1 aromatic rings. The van der Waals surface area contributed by atoms with E-state index in [2.05, 4.69) is 28.0 Å². The van der Waals surface area contributed by atoms with Crippen molar-refractivity contribution in [1.82, 2.24) is 16.1 Å². The molecule has 26 nitrogen and oxygen atoms in total. The molecule has 30 heteroatoms. The van der Waals surface area contributed by atoms with E-state index in [9.17, 15) is 34.8 Å². The number of benzene rings is 1. The van der Waals surface area contributed by atoms with Gasteiger partial charge in [-0.05, 0) is 54.8 Å². The van der Waals surface area contributed by atoms with Gasteiger partial charge in [0.1, 0.15) is 36.1 Å². The molecule has 0 aromatic heterocycles. The number of alkyl carbamates (subject to hydrolysis) is 1. The molecule has 85 heavy (non-hydrogen) atoms. The van der Waals surface area contributed by atoms with Crippen LogP contribution >= 0.6 is 43.2 Å². The molecule has 0 radical (unpaired) electrons. The molecule has 0 spiro atoms. The fourth-order valence-electron chi connectivity index (χ4n) is 10.8. The summed E-state index contributed by atoms with van der Waals surface area (Å²) in [7, 11) is 10.9. The topological polar surface area (TPSA) is 327 Å². The minimum Gasteiger partial charge on any atom is -0.493 e. The molecular formula is C55H80N4O22S4. The van der Waals surface area contributed by atoms with Crippen molar-refractivity contribution in [2.75, 3.05) is 65.7 Å². The Morgan fingerprint density at radius 2 is 1.56 bits per heavy atom. The molecular weight excluding hydrogens is 1200 g/mol. The second-order valence-electron chi connectivity index (χ2n) is 21.0. The van der Waals surface area contributed by atoms with E-state index in [0.29, 0.717) is 0 Å². The first-order chi connectivity index (χ1) is 40.5. The van der Waals surface area contributed by atoms with Crippen molar-refractivity contribution in [3.8, 4) is 11.5 Å². The third-order valence-corrected chi connectivity index (χ3v) is 20.1. The Hall–Kier alpha value is -3.74. The summed E-state index contributed by atoms with van der Waals surface area (Å²) in [6, 6.07) is 1.52. The lowest BCUT2D eigenvalue weighted by atomic mass is 9.69. The van der Waals surface area contributed by atoms with E-state index in [-0.39, 0.29) is 94.4 Å². The van der Waals surface area contributed by atoms with Gasteiger partial charge in [-0.1, -0.05) is 54.2 Å². The second-order valence-corrected chi connectivity index (χ2v) is 26.4. The third kappa shape index (κ3) is 16.2. The second kappa shape index (κ2) is 31.1. The van der Waals surface area contributed by atoms with Gasteiger partial charge in [-0.25, -0.2) is 9.59 Å². The van der Waals surface area contributed by atoms with Crippen LogP contribution in [-0.2, 0) is 66.5 Å². The number of anilines is 1. The maximum atomic E-state index is 15.2. The number of nitrogens with one attached hydrogen (secondary N) is 4. The van der Waals surface area contributed by atoms with Crippen LogP contribution in [0.5, 0.6) is 11.5 Å². The van der Waals surface area contributed by atoms with E-state index in [1.807, 2.05) is 33.3 Å². The molecule has 4 saturated heterocycles. The van der Waals surface area contributed by atoms with Gasteiger partial charge in [0.2, 0.25) is 5.78 Å². The highest BCUT2D eigenvalue weighted by molar-refractivity contribution is 9.09. The number of carbonyl (C=O) groups is 4. The van der Waals surface area contributed by atoms with E-state index in [1.165, 1.54) is 95.7 Å². The summed E-state index contributed by atoms with van der Waals surface area (Å²) >= 11 is 1.48. The summed E-state index contributed by atoms with van der Waals surface area (Å²) in [5.41, 5.74) is -0.0471. The predicted molar refractivity (Wildman–Crippen MR) is 314 cm³/mol. The Morgan fingerprint density at radius 3 is 2.21 bits per heavy atom. The van der Waals surface area contributed by atoms with E-state index in [4.69, 9.17) is 66.4 Å². The van der Waals surface area contributed by atoms with Crippen molar-refractivity contribution in [3.63, 3.8) is 0 Å². The number of carbonyl (C=O) groups excluding carboxylic acids is 4. The number of aliphatic hydroxyl groups excluding tert-OH is 3. The number of ether oxygens (including phenoxy) is 13. The molecule has 1 aromatic carbocycles. The average Bonchev–Trinajstić information content (AvgIpc) is 1.62. The Morgan fingerprint density at radius 1 is 0.859 bits per heavy atom. The summed E-state index contributed by atoms with van der Waals surface area (Å²) in [6.45, 7) is 12.7. The van der Waals surface area contributed by atoms with E-state index >= 15 is 4.79 Å². The van der Waals surface area contributed by atoms with Gasteiger partial charge in [0.05, 0.1) is 99.8 Å². The molecule has 4 aliphatic heterocycles. The SMILES string of the molecule is C=C(OC)C(=O)Nc1cc(OC)c(OC)cc1C(=O)O[C@H]1C[C@H](O[C@@H]2C(=O)C(NC(=O)OC)=C3/C(=C\CSSSC)[C@]2(O)C=C[C@@H]3O[C@@H]2O[C@H](C)[C@@H](NO[C@H]3C[C@H](O)[C@H](SC)[C@@H](C)O3)[C@H](O)[C@H]2O[C@H]2C[C@H](OC)[C@@H](NC(C)C)CO2)O[C@@H](C)[C@@H]1O. The summed E-state index contributed by atoms with van der Waals surface area (Å²) in [5.74, 6) is -2.57. The maximum absolute atomic E-state index is 15.2. The highest BCUT2D eigenvalue weighted by Crippen LogP contribution is 2.47.